The molecule has 440 valence electrons. The molecule has 8 atom stereocenters. The average molecular weight is 1120 g/mol. The topological polar surface area (TPSA) is 435 Å². The van der Waals surface area contributed by atoms with Gasteiger partial charge < -0.3 is 86.1 Å². The zero-order valence-electron chi connectivity index (χ0n) is 46.4. The minimum absolute atomic E-state index is 0.0613. The number of H-pyrrole nitrogens is 2. The maximum Gasteiger partial charge on any atom is 0.328 e. The zero-order valence-corrected chi connectivity index (χ0v) is 46.4. The lowest BCUT2D eigenvalue weighted by Crippen LogP contribution is -2.61. The lowest BCUT2D eigenvalue weighted by atomic mass is 9.98. The molecule has 4 rings (SSSR count). The van der Waals surface area contributed by atoms with Crippen molar-refractivity contribution >= 4 is 75.1 Å². The van der Waals surface area contributed by atoms with E-state index in [1.165, 1.54) is 0 Å². The Kier molecular flexibility index (Phi) is 26.8. The van der Waals surface area contributed by atoms with Gasteiger partial charge in [-0.05, 0) is 106 Å². The second-order valence-electron chi connectivity index (χ2n) is 21.0. The highest BCUT2D eigenvalue weighted by molar-refractivity contribution is 5.98. The molecule has 7 amide bonds. The lowest BCUT2D eigenvalue weighted by molar-refractivity contribution is -0.143. The summed E-state index contributed by atoms with van der Waals surface area (Å²) in [6, 6.07) is 4.40. The van der Waals surface area contributed by atoms with Crippen LogP contribution in [0.3, 0.4) is 0 Å². The number of rotatable bonds is 36. The molecule has 0 fully saturated rings. The van der Waals surface area contributed by atoms with E-state index in [9.17, 15) is 48.6 Å². The van der Waals surface area contributed by atoms with Gasteiger partial charge in [-0.15, -0.1) is 0 Å². The summed E-state index contributed by atoms with van der Waals surface area (Å²) in [5, 5.41) is 39.7. The number of nitrogens with two attached hydrogens (primary N) is 5. The number of carbonyl (C=O) groups is 8. The number of carbonyl (C=O) groups excluding carboxylic acids is 7. The number of guanidine groups is 1. The number of aromatic nitrogens is 2. The van der Waals surface area contributed by atoms with E-state index in [2.05, 4.69) is 52.2 Å². The molecule has 2 aromatic carbocycles. The van der Waals surface area contributed by atoms with Crippen LogP contribution >= 0.6 is 0 Å². The van der Waals surface area contributed by atoms with Gasteiger partial charge in [-0.3, -0.25) is 38.6 Å². The zero-order chi connectivity index (χ0) is 58.9. The number of nitrogens with zero attached hydrogens (tertiary/aromatic N) is 1. The van der Waals surface area contributed by atoms with Crippen molar-refractivity contribution in [1.29, 1.82) is 0 Å². The number of hydrogen-bond acceptors (Lipinski definition) is 13. The monoisotopic (exact) mass is 1120 g/mol. The number of aromatic amines is 2. The summed E-state index contributed by atoms with van der Waals surface area (Å²) in [4.78, 5) is 122. The van der Waals surface area contributed by atoms with E-state index in [0.29, 0.717) is 49.8 Å². The van der Waals surface area contributed by atoms with Gasteiger partial charge in [0, 0.05) is 53.6 Å². The van der Waals surface area contributed by atoms with E-state index in [1.807, 2.05) is 76.2 Å². The van der Waals surface area contributed by atoms with Crippen LogP contribution in [-0.2, 0) is 51.2 Å². The van der Waals surface area contributed by atoms with Gasteiger partial charge in [-0.2, -0.15) is 0 Å². The first-order valence-corrected chi connectivity index (χ1v) is 27.4. The van der Waals surface area contributed by atoms with Crippen LogP contribution in [0.15, 0.2) is 65.9 Å². The van der Waals surface area contributed by atoms with Crippen molar-refractivity contribution in [3.8, 4) is 0 Å². The van der Waals surface area contributed by atoms with Crippen molar-refractivity contribution in [1.82, 2.24) is 47.2 Å². The molecule has 0 spiro atoms. The van der Waals surface area contributed by atoms with Gasteiger partial charge in [-0.1, -0.05) is 70.5 Å². The molecule has 25 nitrogen and oxygen atoms in total. The smallest absolute Gasteiger partial charge is 0.328 e. The molecular weight excluding hydrogens is 1030 g/mol. The molecule has 0 saturated heterocycles. The number of benzene rings is 2. The van der Waals surface area contributed by atoms with Gasteiger partial charge in [0.15, 0.2) is 5.96 Å². The van der Waals surface area contributed by atoms with E-state index in [-0.39, 0.29) is 75.8 Å². The molecule has 21 N–H and O–H groups in total. The molecule has 2 aromatic heterocycles. The summed E-state index contributed by atoms with van der Waals surface area (Å²) in [6.45, 7) is 7.26. The van der Waals surface area contributed by atoms with Crippen LogP contribution < -0.4 is 65.9 Å². The molecule has 0 bridgehead atoms. The van der Waals surface area contributed by atoms with Crippen molar-refractivity contribution in [2.75, 3.05) is 26.2 Å². The Morgan fingerprint density at radius 3 is 1.31 bits per heavy atom. The Bertz CT molecular complexity index is 2700. The van der Waals surface area contributed by atoms with Gasteiger partial charge in [-0.25, -0.2) is 4.79 Å². The van der Waals surface area contributed by atoms with Crippen molar-refractivity contribution in [3.63, 3.8) is 0 Å². The van der Waals surface area contributed by atoms with Gasteiger partial charge >= 0.3 is 5.97 Å². The molecule has 2 heterocycles. The Morgan fingerprint density at radius 2 is 0.887 bits per heavy atom. The first-order valence-electron chi connectivity index (χ1n) is 27.4. The van der Waals surface area contributed by atoms with Crippen LogP contribution in [0.25, 0.3) is 21.8 Å². The van der Waals surface area contributed by atoms with E-state index in [4.69, 9.17) is 28.7 Å². The van der Waals surface area contributed by atoms with Gasteiger partial charge in [0.25, 0.3) is 0 Å². The number of para-hydroxylation sites is 2. The largest absolute Gasteiger partial charge is 0.480 e. The van der Waals surface area contributed by atoms with Crippen LogP contribution in [-0.4, -0.2) is 148 Å². The summed E-state index contributed by atoms with van der Waals surface area (Å²) in [6.07, 6.45) is 6.20. The average Bonchev–Trinajstić information content (AvgIpc) is 4.02. The predicted octanol–water partition coefficient (Wildman–Crippen LogP) is -0.364. The minimum atomic E-state index is -1.64. The third-order valence-corrected chi connectivity index (χ3v) is 13.4. The molecule has 0 radical (unpaired) electrons. The fraction of sp³-hybridized carbons (Fsp3) is 0.545. The molecule has 25 heteroatoms. The number of amides is 7. The molecule has 0 saturated carbocycles. The number of carboxylic acid groups (broad SMARTS) is 1. The molecule has 4 aromatic rings. The van der Waals surface area contributed by atoms with Crippen molar-refractivity contribution in [2.24, 2.45) is 45.5 Å². The fourth-order valence-corrected chi connectivity index (χ4v) is 9.14. The number of carboxylic acids is 1. The number of aliphatic hydroxyl groups is 1. The van der Waals surface area contributed by atoms with Crippen LogP contribution in [0.2, 0.25) is 0 Å². The summed E-state index contributed by atoms with van der Waals surface area (Å²) in [5.74, 6) is -7.23. The van der Waals surface area contributed by atoms with Crippen molar-refractivity contribution in [3.05, 3.63) is 72.1 Å². The van der Waals surface area contributed by atoms with E-state index >= 15 is 0 Å². The Morgan fingerprint density at radius 1 is 0.512 bits per heavy atom. The highest BCUT2D eigenvalue weighted by Gasteiger charge is 2.36. The second kappa shape index (κ2) is 33.1. The Balaban J connectivity index is 1.70. The van der Waals surface area contributed by atoms with Crippen molar-refractivity contribution in [2.45, 2.75) is 153 Å². The minimum Gasteiger partial charge on any atom is -0.480 e. The van der Waals surface area contributed by atoms with Gasteiger partial charge in [0.2, 0.25) is 41.4 Å². The Hall–Kier alpha value is -7.61. The number of hydrogen-bond donors (Lipinski definition) is 16. The summed E-state index contributed by atoms with van der Waals surface area (Å²) in [5.41, 5.74) is 31.5. The highest BCUT2D eigenvalue weighted by Crippen LogP contribution is 2.22. The maximum atomic E-state index is 14.9. The third kappa shape index (κ3) is 20.9. The number of aliphatic hydroxyl groups excluding tert-OH is 1. The Labute approximate surface area is 466 Å². The van der Waals surface area contributed by atoms with Gasteiger partial charge in [0.05, 0.1) is 12.6 Å². The molecule has 0 aliphatic carbocycles. The van der Waals surface area contributed by atoms with E-state index in [0.717, 1.165) is 21.8 Å². The molecule has 0 unspecified atom stereocenters. The summed E-state index contributed by atoms with van der Waals surface area (Å²) >= 11 is 0. The second-order valence-corrected chi connectivity index (χ2v) is 21.0. The molecule has 0 aliphatic heterocycles. The quantitative estimate of drug-likeness (QED) is 0.0157. The van der Waals surface area contributed by atoms with Crippen LogP contribution in [0, 0.1) is 11.8 Å². The van der Waals surface area contributed by atoms with E-state index in [1.54, 1.807) is 12.4 Å². The molecular formula is C55H85N15O10. The van der Waals surface area contributed by atoms with Gasteiger partial charge in [0.1, 0.15) is 42.3 Å². The number of aliphatic carboxylic acids is 1. The molecule has 0 aliphatic rings. The SMILES string of the molecule is CC(C)C[C@@H](NC(=O)[C@H](Cc1c[nH]c2ccccc12)NC(=O)[C@@H](CC(C)C)NC(=O)[C@H](Cc1c[nH]c2ccccc12)NC(=O)[C@@H](CCCN=C(N)N)NC(=O)[C@@H](N)CCCCN)C(=O)N[C@@H](CCCCN)C(=O)N[C@H](CO)C(=O)O. The lowest BCUT2D eigenvalue weighted by Gasteiger charge is -2.29. The van der Waals surface area contributed by atoms with E-state index < -0.39 is 102 Å². The number of nitrogens with one attached hydrogen (secondary N) is 9. The predicted molar refractivity (Wildman–Crippen MR) is 305 cm³/mol. The highest BCUT2D eigenvalue weighted by atomic mass is 16.4. The van der Waals surface area contributed by atoms with Crippen LogP contribution in [0.4, 0.5) is 0 Å². The number of aliphatic imine (C=N–C) groups is 1. The van der Waals surface area contributed by atoms with Crippen LogP contribution in [0.5, 0.6) is 0 Å². The first-order chi connectivity index (χ1) is 38.1. The standard InChI is InChI=1S/C55H85N15O10/c1-31(2)24-42(50(75)65-40(19-10-12-22-57)49(74)70-46(30-71)54(79)80)66-53(78)45(27-34-29-63-39-18-8-6-15-36(34)39)69-51(76)43(25-32(3)4)67-52(77)44(26-33-28-62-38-17-7-5-14-35(33)38)68-48(73)41(20-13-23-61-55(59)60)64-47(72)37(58)16-9-11-21-56/h5-8,14-15,17-18,28-29,31-32,37,40-46,62-63,71H,9-13,16,19-27,30,56-58H2,1-4H3,(H,64,72)(H,65,75)(H,66,78)(H,67,77)(H,68,73)(H,69,76)(H,70,74)(H,79,80)(H4,59,60,61)/t37-,40-,41+,42+,43+,44-,45-,46+/m0/s1. The summed E-state index contributed by atoms with van der Waals surface area (Å²) < 4.78 is 0. The third-order valence-electron chi connectivity index (χ3n) is 13.4. The number of fused-ring (bicyclic) bond motifs is 2. The summed E-state index contributed by atoms with van der Waals surface area (Å²) in [7, 11) is 0. The number of unbranched alkanes of at least 4 members (excludes halogenated alkanes) is 2. The van der Waals surface area contributed by atoms with Crippen molar-refractivity contribution < 1.29 is 48.6 Å². The van der Waals surface area contributed by atoms with Crippen LogP contribution in [0.1, 0.15) is 103 Å². The first kappa shape index (κ1) is 64.9. The normalized spacial score (nSPS) is 14.4. The fourth-order valence-electron chi connectivity index (χ4n) is 9.14. The maximum absolute atomic E-state index is 14.9. The molecule has 80 heavy (non-hydrogen) atoms.